The summed E-state index contributed by atoms with van der Waals surface area (Å²) < 4.78 is 5.37. The minimum Gasteiger partial charge on any atom is -0.496 e. The van der Waals surface area contributed by atoms with Gasteiger partial charge in [0.1, 0.15) is 5.75 Å². The number of benzene rings is 1. The van der Waals surface area contributed by atoms with Crippen molar-refractivity contribution in [1.82, 2.24) is 5.32 Å². The second kappa shape index (κ2) is 6.43. The summed E-state index contributed by atoms with van der Waals surface area (Å²) in [7, 11) is 1.66. The lowest BCUT2D eigenvalue weighted by atomic mass is 9.96. The normalized spacial score (nSPS) is 10.6. The van der Waals surface area contributed by atoms with Crippen molar-refractivity contribution < 1.29 is 9.53 Å². The molecular formula is C15H23NO2. The molecule has 0 atom stereocenters. The zero-order valence-corrected chi connectivity index (χ0v) is 12.0. The van der Waals surface area contributed by atoms with Crippen LogP contribution in [0, 0.1) is 6.92 Å². The van der Waals surface area contributed by atoms with Crippen LogP contribution in [0.4, 0.5) is 0 Å². The van der Waals surface area contributed by atoms with Crippen LogP contribution in [0.15, 0.2) is 12.1 Å². The first-order chi connectivity index (χ1) is 8.51. The highest BCUT2D eigenvalue weighted by molar-refractivity contribution is 5.96. The Labute approximate surface area is 110 Å². The number of carbonyl (C=O) groups is 1. The second-order valence-electron chi connectivity index (χ2n) is 4.82. The first kappa shape index (κ1) is 14.6. The van der Waals surface area contributed by atoms with E-state index in [2.05, 4.69) is 19.2 Å². The molecule has 0 aromatic heterocycles. The predicted octanol–water partition coefficient (Wildman–Crippen LogP) is 3.27. The summed E-state index contributed by atoms with van der Waals surface area (Å²) in [5.74, 6) is 1.19. The quantitative estimate of drug-likeness (QED) is 0.869. The fourth-order valence-electron chi connectivity index (χ4n) is 1.90. The molecule has 0 aliphatic heterocycles. The number of nitrogens with one attached hydrogen (secondary N) is 1. The number of methoxy groups -OCH3 is 1. The van der Waals surface area contributed by atoms with Gasteiger partial charge in [-0.05, 0) is 42.5 Å². The van der Waals surface area contributed by atoms with Gasteiger partial charge in [-0.1, -0.05) is 20.8 Å². The molecule has 0 heterocycles. The van der Waals surface area contributed by atoms with E-state index in [1.807, 2.05) is 26.0 Å². The molecule has 3 heteroatoms. The van der Waals surface area contributed by atoms with Gasteiger partial charge in [-0.2, -0.15) is 0 Å². The third kappa shape index (κ3) is 3.25. The minimum absolute atomic E-state index is 0.00102. The Morgan fingerprint density at radius 1 is 1.39 bits per heavy atom. The topological polar surface area (TPSA) is 38.3 Å². The lowest BCUT2D eigenvalue weighted by Gasteiger charge is -2.15. The van der Waals surface area contributed by atoms with Gasteiger partial charge >= 0.3 is 0 Å². The summed E-state index contributed by atoms with van der Waals surface area (Å²) in [4.78, 5) is 12.0. The molecule has 1 amide bonds. The van der Waals surface area contributed by atoms with Gasteiger partial charge in [-0.25, -0.2) is 0 Å². The van der Waals surface area contributed by atoms with E-state index < -0.39 is 0 Å². The standard InChI is InChI=1S/C15H23NO2/c1-6-7-16-15(17)13-9-12(10(2)3)14(18-5)8-11(13)4/h8-10H,6-7H2,1-5H3,(H,16,17). The number of hydrogen-bond donors (Lipinski definition) is 1. The van der Waals surface area contributed by atoms with E-state index in [1.54, 1.807) is 7.11 Å². The molecular weight excluding hydrogens is 226 g/mol. The largest absolute Gasteiger partial charge is 0.496 e. The summed E-state index contributed by atoms with van der Waals surface area (Å²) in [6, 6.07) is 3.89. The molecule has 0 unspecified atom stereocenters. The molecule has 0 fully saturated rings. The molecule has 18 heavy (non-hydrogen) atoms. The molecule has 1 rings (SSSR count). The zero-order chi connectivity index (χ0) is 13.7. The number of ether oxygens (including phenoxy) is 1. The predicted molar refractivity (Wildman–Crippen MR) is 74.4 cm³/mol. The van der Waals surface area contributed by atoms with Crippen molar-refractivity contribution in [2.75, 3.05) is 13.7 Å². The zero-order valence-electron chi connectivity index (χ0n) is 12.0. The van der Waals surface area contributed by atoms with Crippen LogP contribution < -0.4 is 10.1 Å². The molecule has 0 spiro atoms. The van der Waals surface area contributed by atoms with Crippen LogP contribution in [0.3, 0.4) is 0 Å². The molecule has 1 aromatic rings. The lowest BCUT2D eigenvalue weighted by molar-refractivity contribution is 0.0953. The third-order valence-corrected chi connectivity index (χ3v) is 2.98. The van der Waals surface area contributed by atoms with Gasteiger partial charge in [0.15, 0.2) is 0 Å². The molecule has 0 aliphatic rings. The molecule has 1 N–H and O–H groups in total. The first-order valence-electron chi connectivity index (χ1n) is 6.48. The van der Waals surface area contributed by atoms with E-state index in [9.17, 15) is 4.79 Å². The Morgan fingerprint density at radius 2 is 2.06 bits per heavy atom. The van der Waals surface area contributed by atoms with Gasteiger partial charge in [0.25, 0.3) is 5.91 Å². The Kier molecular flexibility index (Phi) is 5.20. The Hall–Kier alpha value is -1.51. The summed E-state index contributed by atoms with van der Waals surface area (Å²) in [5, 5.41) is 2.91. The van der Waals surface area contributed by atoms with Gasteiger partial charge in [-0.15, -0.1) is 0 Å². The Morgan fingerprint density at radius 3 is 2.56 bits per heavy atom. The van der Waals surface area contributed by atoms with Gasteiger partial charge in [0.05, 0.1) is 7.11 Å². The summed E-state index contributed by atoms with van der Waals surface area (Å²) in [5.41, 5.74) is 2.77. The molecule has 0 bridgehead atoms. The highest BCUT2D eigenvalue weighted by Crippen LogP contribution is 2.29. The Balaban J connectivity index is 3.13. The van der Waals surface area contributed by atoms with Crippen molar-refractivity contribution in [3.8, 4) is 5.75 Å². The second-order valence-corrected chi connectivity index (χ2v) is 4.82. The van der Waals surface area contributed by atoms with Crippen LogP contribution >= 0.6 is 0 Å². The minimum atomic E-state index is -0.00102. The molecule has 0 saturated heterocycles. The first-order valence-corrected chi connectivity index (χ1v) is 6.48. The summed E-state index contributed by atoms with van der Waals surface area (Å²) >= 11 is 0. The van der Waals surface area contributed by atoms with E-state index in [0.29, 0.717) is 12.5 Å². The van der Waals surface area contributed by atoms with E-state index in [4.69, 9.17) is 4.74 Å². The monoisotopic (exact) mass is 249 g/mol. The van der Waals surface area contributed by atoms with E-state index in [1.165, 1.54) is 0 Å². The fraction of sp³-hybridized carbons (Fsp3) is 0.533. The molecule has 100 valence electrons. The van der Waals surface area contributed by atoms with Gasteiger partial charge in [-0.3, -0.25) is 4.79 Å². The van der Waals surface area contributed by atoms with Crippen molar-refractivity contribution in [1.29, 1.82) is 0 Å². The maximum absolute atomic E-state index is 12.0. The van der Waals surface area contributed by atoms with Gasteiger partial charge in [0.2, 0.25) is 0 Å². The van der Waals surface area contributed by atoms with Crippen LogP contribution in [0.5, 0.6) is 5.75 Å². The van der Waals surface area contributed by atoms with Crippen LogP contribution in [0.25, 0.3) is 0 Å². The maximum atomic E-state index is 12.0. The lowest BCUT2D eigenvalue weighted by Crippen LogP contribution is -2.25. The van der Waals surface area contributed by atoms with E-state index >= 15 is 0 Å². The number of aryl methyl sites for hydroxylation is 1. The molecule has 1 aromatic carbocycles. The van der Waals surface area contributed by atoms with E-state index in [-0.39, 0.29) is 5.91 Å². The summed E-state index contributed by atoms with van der Waals surface area (Å²) in [6.45, 7) is 8.89. The van der Waals surface area contributed by atoms with E-state index in [0.717, 1.165) is 28.9 Å². The maximum Gasteiger partial charge on any atom is 0.251 e. The van der Waals surface area contributed by atoms with Crippen LogP contribution in [-0.2, 0) is 0 Å². The average Bonchev–Trinajstić information content (AvgIpc) is 2.34. The SMILES string of the molecule is CCCNC(=O)c1cc(C(C)C)c(OC)cc1C. The number of rotatable bonds is 5. The number of amides is 1. The molecule has 0 radical (unpaired) electrons. The third-order valence-electron chi connectivity index (χ3n) is 2.98. The molecule has 3 nitrogen and oxygen atoms in total. The van der Waals surface area contributed by atoms with Crippen molar-refractivity contribution in [2.24, 2.45) is 0 Å². The fourth-order valence-corrected chi connectivity index (χ4v) is 1.90. The van der Waals surface area contributed by atoms with Crippen molar-refractivity contribution >= 4 is 5.91 Å². The van der Waals surface area contributed by atoms with Gasteiger partial charge < -0.3 is 10.1 Å². The van der Waals surface area contributed by atoms with Crippen molar-refractivity contribution in [2.45, 2.75) is 40.0 Å². The number of hydrogen-bond acceptors (Lipinski definition) is 2. The van der Waals surface area contributed by atoms with Crippen LogP contribution in [0.1, 0.15) is 54.6 Å². The summed E-state index contributed by atoms with van der Waals surface area (Å²) in [6.07, 6.45) is 0.942. The van der Waals surface area contributed by atoms with Crippen molar-refractivity contribution in [3.63, 3.8) is 0 Å². The average molecular weight is 249 g/mol. The van der Waals surface area contributed by atoms with Gasteiger partial charge in [0, 0.05) is 12.1 Å². The highest BCUT2D eigenvalue weighted by atomic mass is 16.5. The number of carbonyl (C=O) groups excluding carboxylic acids is 1. The van der Waals surface area contributed by atoms with Crippen LogP contribution in [-0.4, -0.2) is 19.6 Å². The molecule has 0 saturated carbocycles. The molecule has 0 aliphatic carbocycles. The Bertz CT molecular complexity index is 425. The highest BCUT2D eigenvalue weighted by Gasteiger charge is 2.15. The smallest absolute Gasteiger partial charge is 0.251 e. The van der Waals surface area contributed by atoms with Crippen LogP contribution in [0.2, 0.25) is 0 Å². The van der Waals surface area contributed by atoms with Crippen molar-refractivity contribution in [3.05, 3.63) is 28.8 Å².